The summed E-state index contributed by atoms with van der Waals surface area (Å²) in [6.45, 7) is 3.28. The first kappa shape index (κ1) is 21.5. The average Bonchev–Trinajstić information content (AvgIpc) is 2.63. The number of hydrogen-bond acceptors (Lipinski definition) is 4. The number of carbonyl (C=O) groups excluding carboxylic acids is 3. The molecule has 0 heterocycles. The van der Waals surface area contributed by atoms with Gasteiger partial charge in [-0.25, -0.2) is 0 Å². The molecule has 0 unspecified atom stereocenters. The SMILES string of the molecule is C[C@@H](OC(=O)CNC(=O)c1ccc(Cl)c(Cl)c1)C(=O)N[C@H]1CCCC[C@@H]1C. The molecular formula is C19H24Cl2N2O4. The van der Waals surface area contributed by atoms with Gasteiger partial charge in [-0.2, -0.15) is 0 Å². The molecular weight excluding hydrogens is 391 g/mol. The van der Waals surface area contributed by atoms with Gasteiger partial charge in [0.1, 0.15) is 6.54 Å². The normalized spacial score (nSPS) is 20.4. The Kier molecular flexibility index (Phi) is 7.92. The molecule has 2 N–H and O–H groups in total. The molecule has 1 aromatic rings. The van der Waals surface area contributed by atoms with Crippen LogP contribution in [0.1, 0.15) is 49.9 Å². The van der Waals surface area contributed by atoms with Gasteiger partial charge in [0.2, 0.25) is 0 Å². The average molecular weight is 415 g/mol. The van der Waals surface area contributed by atoms with Gasteiger partial charge >= 0.3 is 5.97 Å². The van der Waals surface area contributed by atoms with Gasteiger partial charge in [0.25, 0.3) is 11.8 Å². The molecule has 0 radical (unpaired) electrons. The van der Waals surface area contributed by atoms with E-state index in [1.807, 2.05) is 0 Å². The Labute approximate surface area is 168 Å². The van der Waals surface area contributed by atoms with Crippen molar-refractivity contribution in [1.82, 2.24) is 10.6 Å². The van der Waals surface area contributed by atoms with Crippen molar-refractivity contribution in [1.29, 1.82) is 0 Å². The summed E-state index contributed by atoms with van der Waals surface area (Å²) < 4.78 is 5.11. The lowest BCUT2D eigenvalue weighted by atomic mass is 9.86. The largest absolute Gasteiger partial charge is 0.451 e. The Morgan fingerprint density at radius 3 is 2.56 bits per heavy atom. The van der Waals surface area contributed by atoms with Crippen LogP contribution in [0.15, 0.2) is 18.2 Å². The van der Waals surface area contributed by atoms with Gasteiger partial charge in [-0.3, -0.25) is 14.4 Å². The minimum atomic E-state index is -0.923. The number of rotatable bonds is 6. The molecule has 1 saturated carbocycles. The summed E-state index contributed by atoms with van der Waals surface area (Å²) in [6.07, 6.45) is 3.36. The van der Waals surface area contributed by atoms with E-state index in [9.17, 15) is 14.4 Å². The molecule has 3 atom stereocenters. The maximum Gasteiger partial charge on any atom is 0.326 e. The third-order valence-electron chi connectivity index (χ3n) is 4.69. The maximum absolute atomic E-state index is 12.2. The summed E-state index contributed by atoms with van der Waals surface area (Å²) >= 11 is 11.7. The summed E-state index contributed by atoms with van der Waals surface area (Å²) in [5, 5.41) is 5.95. The zero-order chi connectivity index (χ0) is 20.0. The molecule has 2 amide bonds. The first-order valence-electron chi connectivity index (χ1n) is 9.01. The van der Waals surface area contributed by atoms with E-state index in [0.29, 0.717) is 10.9 Å². The second kappa shape index (κ2) is 9.95. The van der Waals surface area contributed by atoms with E-state index in [1.54, 1.807) is 0 Å². The van der Waals surface area contributed by atoms with E-state index in [2.05, 4.69) is 17.6 Å². The number of hydrogen-bond donors (Lipinski definition) is 2. The molecule has 1 aromatic carbocycles. The lowest BCUT2D eigenvalue weighted by Gasteiger charge is -2.30. The van der Waals surface area contributed by atoms with E-state index < -0.39 is 18.0 Å². The summed E-state index contributed by atoms with van der Waals surface area (Å²) in [7, 11) is 0. The zero-order valence-electron chi connectivity index (χ0n) is 15.4. The van der Waals surface area contributed by atoms with Crippen LogP contribution < -0.4 is 10.6 Å². The second-order valence-corrected chi connectivity index (χ2v) is 7.63. The van der Waals surface area contributed by atoms with Crippen molar-refractivity contribution in [3.63, 3.8) is 0 Å². The van der Waals surface area contributed by atoms with Gasteiger partial charge in [0, 0.05) is 11.6 Å². The Balaban J connectivity index is 1.77. The molecule has 2 rings (SSSR count). The van der Waals surface area contributed by atoms with Crippen LogP contribution in [0, 0.1) is 5.92 Å². The molecule has 1 fully saturated rings. The lowest BCUT2D eigenvalue weighted by Crippen LogP contribution is -2.46. The van der Waals surface area contributed by atoms with E-state index in [0.717, 1.165) is 19.3 Å². The van der Waals surface area contributed by atoms with Crippen LogP contribution in [0.25, 0.3) is 0 Å². The molecule has 0 aliphatic heterocycles. The Morgan fingerprint density at radius 1 is 1.19 bits per heavy atom. The molecule has 148 valence electrons. The molecule has 1 aliphatic carbocycles. The van der Waals surface area contributed by atoms with Crippen molar-refractivity contribution in [3.8, 4) is 0 Å². The first-order valence-corrected chi connectivity index (χ1v) is 9.76. The molecule has 1 aliphatic rings. The molecule has 27 heavy (non-hydrogen) atoms. The second-order valence-electron chi connectivity index (χ2n) is 6.82. The topological polar surface area (TPSA) is 84.5 Å². The van der Waals surface area contributed by atoms with Gasteiger partial charge in [-0.15, -0.1) is 0 Å². The zero-order valence-corrected chi connectivity index (χ0v) is 16.9. The molecule has 0 spiro atoms. The fourth-order valence-corrected chi connectivity index (χ4v) is 3.31. The van der Waals surface area contributed by atoms with Gasteiger partial charge < -0.3 is 15.4 Å². The number of amides is 2. The minimum absolute atomic E-state index is 0.113. The molecule has 0 saturated heterocycles. The highest BCUT2D eigenvalue weighted by Gasteiger charge is 2.26. The molecule has 6 nitrogen and oxygen atoms in total. The number of carbonyl (C=O) groups is 3. The minimum Gasteiger partial charge on any atom is -0.451 e. The van der Waals surface area contributed by atoms with Crippen LogP contribution >= 0.6 is 23.2 Å². The van der Waals surface area contributed by atoms with E-state index >= 15 is 0 Å². The first-order chi connectivity index (χ1) is 12.8. The molecule has 0 bridgehead atoms. The standard InChI is InChI=1S/C19H24Cl2N2O4/c1-11-5-3-4-6-16(11)23-18(25)12(2)27-17(24)10-22-19(26)13-7-8-14(20)15(21)9-13/h7-9,11-12,16H,3-6,10H2,1-2H3,(H,22,26)(H,23,25)/t11-,12+,16-/m0/s1. The van der Waals surface area contributed by atoms with Gasteiger partial charge in [-0.1, -0.05) is 43.0 Å². The van der Waals surface area contributed by atoms with Crippen LogP contribution in [-0.2, 0) is 14.3 Å². The Hall–Kier alpha value is -1.79. The fraction of sp³-hybridized carbons (Fsp3) is 0.526. The van der Waals surface area contributed by atoms with Gasteiger partial charge in [0.15, 0.2) is 6.10 Å². The van der Waals surface area contributed by atoms with E-state index in [4.69, 9.17) is 27.9 Å². The summed E-state index contributed by atoms with van der Waals surface area (Å²) in [4.78, 5) is 36.2. The van der Waals surface area contributed by atoms with Gasteiger partial charge in [0.05, 0.1) is 10.0 Å². The van der Waals surface area contributed by atoms with Crippen molar-refractivity contribution in [3.05, 3.63) is 33.8 Å². The highest BCUT2D eigenvalue weighted by molar-refractivity contribution is 6.42. The van der Waals surface area contributed by atoms with Crippen molar-refractivity contribution in [2.45, 2.75) is 51.7 Å². The summed E-state index contributed by atoms with van der Waals surface area (Å²) in [5.41, 5.74) is 0.272. The Bertz CT molecular complexity index is 711. The van der Waals surface area contributed by atoms with Crippen LogP contribution in [0.5, 0.6) is 0 Å². The third-order valence-corrected chi connectivity index (χ3v) is 5.43. The number of halogens is 2. The van der Waals surface area contributed by atoms with Crippen LogP contribution in [0.4, 0.5) is 0 Å². The van der Waals surface area contributed by atoms with Crippen molar-refractivity contribution >= 4 is 41.0 Å². The highest BCUT2D eigenvalue weighted by Crippen LogP contribution is 2.24. The van der Waals surface area contributed by atoms with E-state index in [-0.39, 0.29) is 29.1 Å². The van der Waals surface area contributed by atoms with Crippen molar-refractivity contribution in [2.75, 3.05) is 6.54 Å². The Morgan fingerprint density at radius 2 is 1.89 bits per heavy atom. The predicted octanol–water partition coefficient (Wildman–Crippen LogP) is 3.35. The predicted molar refractivity (Wildman–Crippen MR) is 104 cm³/mol. The smallest absolute Gasteiger partial charge is 0.326 e. The van der Waals surface area contributed by atoms with Crippen LogP contribution in [0.3, 0.4) is 0 Å². The van der Waals surface area contributed by atoms with Crippen molar-refractivity contribution in [2.24, 2.45) is 5.92 Å². The molecule has 0 aromatic heterocycles. The number of esters is 1. The van der Waals surface area contributed by atoms with Crippen LogP contribution in [0.2, 0.25) is 10.0 Å². The fourth-order valence-electron chi connectivity index (χ4n) is 3.02. The number of ether oxygens (including phenoxy) is 1. The lowest BCUT2D eigenvalue weighted by molar-refractivity contribution is -0.154. The van der Waals surface area contributed by atoms with Crippen molar-refractivity contribution < 1.29 is 19.1 Å². The van der Waals surface area contributed by atoms with Gasteiger partial charge in [-0.05, 0) is 43.9 Å². The number of benzene rings is 1. The number of nitrogens with one attached hydrogen (secondary N) is 2. The third kappa shape index (κ3) is 6.40. The maximum atomic E-state index is 12.2. The summed E-state index contributed by atoms with van der Waals surface area (Å²) in [6, 6.07) is 4.51. The van der Waals surface area contributed by atoms with Crippen LogP contribution in [-0.4, -0.2) is 36.5 Å². The van der Waals surface area contributed by atoms with E-state index in [1.165, 1.54) is 31.5 Å². The summed E-state index contributed by atoms with van der Waals surface area (Å²) in [5.74, 6) is -1.09. The highest BCUT2D eigenvalue weighted by atomic mass is 35.5. The quantitative estimate of drug-likeness (QED) is 0.698. The molecule has 8 heteroatoms. The monoisotopic (exact) mass is 414 g/mol.